The second kappa shape index (κ2) is 11.6. The summed E-state index contributed by atoms with van der Waals surface area (Å²) in [5.41, 5.74) is 1.71. The third kappa shape index (κ3) is 6.37. The SMILES string of the molecule is COc1cc(/C=C2/SC(=O)N(CC(=O)Nc3cccc(F)c3)C2=O)ccc1OCc1ccc(C(=O)O)cc1. The number of carboxylic acid groups (broad SMARTS) is 1. The maximum Gasteiger partial charge on any atom is 0.335 e. The van der Waals surface area contributed by atoms with Gasteiger partial charge in [0.05, 0.1) is 17.6 Å². The van der Waals surface area contributed by atoms with E-state index in [2.05, 4.69) is 5.32 Å². The number of aromatic carboxylic acids is 1. The van der Waals surface area contributed by atoms with Crippen molar-refractivity contribution in [3.63, 3.8) is 0 Å². The van der Waals surface area contributed by atoms with E-state index in [1.807, 2.05) is 0 Å². The number of amides is 3. The molecule has 3 aromatic rings. The van der Waals surface area contributed by atoms with Crippen molar-refractivity contribution in [3.8, 4) is 11.5 Å². The molecule has 194 valence electrons. The molecular weight excluding hydrogens is 515 g/mol. The number of methoxy groups -OCH3 is 1. The van der Waals surface area contributed by atoms with E-state index >= 15 is 0 Å². The molecule has 2 N–H and O–H groups in total. The molecular formula is C27H21FN2O7S. The molecule has 3 amide bonds. The van der Waals surface area contributed by atoms with Gasteiger partial charge in [-0.25, -0.2) is 9.18 Å². The average Bonchev–Trinajstić information content (AvgIpc) is 3.15. The van der Waals surface area contributed by atoms with Crippen LogP contribution in [0.15, 0.2) is 71.6 Å². The Balaban J connectivity index is 1.41. The highest BCUT2D eigenvalue weighted by molar-refractivity contribution is 8.18. The molecule has 1 aliphatic heterocycles. The number of hydrogen-bond acceptors (Lipinski definition) is 7. The van der Waals surface area contributed by atoms with Gasteiger partial charge < -0.3 is 19.9 Å². The third-order valence-electron chi connectivity index (χ3n) is 5.36. The molecule has 0 atom stereocenters. The highest BCUT2D eigenvalue weighted by Gasteiger charge is 2.36. The Bertz CT molecular complexity index is 1440. The number of hydrogen-bond donors (Lipinski definition) is 2. The predicted octanol–water partition coefficient (Wildman–Crippen LogP) is 4.79. The topological polar surface area (TPSA) is 122 Å². The summed E-state index contributed by atoms with van der Waals surface area (Å²) in [6.07, 6.45) is 1.51. The molecule has 0 aromatic heterocycles. The highest BCUT2D eigenvalue weighted by Crippen LogP contribution is 2.34. The molecule has 3 aromatic carbocycles. The van der Waals surface area contributed by atoms with Crippen LogP contribution in [0.5, 0.6) is 11.5 Å². The predicted molar refractivity (Wildman–Crippen MR) is 138 cm³/mol. The third-order valence-corrected chi connectivity index (χ3v) is 6.27. The molecule has 0 spiro atoms. The fourth-order valence-electron chi connectivity index (χ4n) is 3.50. The molecule has 4 rings (SSSR count). The molecule has 0 aliphatic carbocycles. The highest BCUT2D eigenvalue weighted by atomic mass is 32.2. The lowest BCUT2D eigenvalue weighted by atomic mass is 10.1. The van der Waals surface area contributed by atoms with Gasteiger partial charge in [-0.2, -0.15) is 0 Å². The van der Waals surface area contributed by atoms with Crippen LogP contribution in [0.3, 0.4) is 0 Å². The number of imide groups is 1. The molecule has 1 fully saturated rings. The maximum atomic E-state index is 13.3. The lowest BCUT2D eigenvalue weighted by Crippen LogP contribution is -2.36. The van der Waals surface area contributed by atoms with Crippen LogP contribution < -0.4 is 14.8 Å². The minimum absolute atomic E-state index is 0.128. The zero-order valence-corrected chi connectivity index (χ0v) is 20.8. The molecule has 11 heteroatoms. The van der Waals surface area contributed by atoms with Crippen LogP contribution in [0.2, 0.25) is 0 Å². The fraction of sp³-hybridized carbons (Fsp3) is 0.111. The van der Waals surface area contributed by atoms with E-state index in [0.717, 1.165) is 16.5 Å². The van der Waals surface area contributed by atoms with Crippen molar-refractivity contribution in [2.45, 2.75) is 6.61 Å². The molecule has 1 saturated heterocycles. The van der Waals surface area contributed by atoms with E-state index in [9.17, 15) is 23.6 Å². The number of carboxylic acids is 1. The zero-order chi connectivity index (χ0) is 27.2. The Kier molecular flexibility index (Phi) is 8.07. The number of rotatable bonds is 9. The number of ether oxygens (including phenoxy) is 2. The van der Waals surface area contributed by atoms with Crippen LogP contribution in [-0.2, 0) is 16.2 Å². The van der Waals surface area contributed by atoms with Crippen molar-refractivity contribution in [2.75, 3.05) is 19.0 Å². The van der Waals surface area contributed by atoms with Gasteiger partial charge in [0.15, 0.2) is 11.5 Å². The van der Waals surface area contributed by atoms with Gasteiger partial charge in [0, 0.05) is 5.69 Å². The van der Waals surface area contributed by atoms with E-state index in [1.54, 1.807) is 30.3 Å². The molecule has 1 heterocycles. The quantitative estimate of drug-likeness (QED) is 0.375. The summed E-state index contributed by atoms with van der Waals surface area (Å²) < 4.78 is 24.5. The standard InChI is InChI=1S/C27H21FN2O7S/c1-36-22-11-17(7-10-21(22)37-15-16-5-8-18(9-6-16)26(33)34)12-23-25(32)30(27(35)38-23)14-24(31)29-20-4-2-3-19(28)13-20/h2-13H,14-15H2,1H3,(H,29,31)(H,33,34)/b23-12+. The number of carbonyl (C=O) groups is 4. The zero-order valence-electron chi connectivity index (χ0n) is 20.0. The van der Waals surface area contributed by atoms with Crippen LogP contribution in [0.4, 0.5) is 14.9 Å². The van der Waals surface area contributed by atoms with Gasteiger partial charge >= 0.3 is 5.97 Å². The van der Waals surface area contributed by atoms with E-state index < -0.39 is 35.4 Å². The summed E-state index contributed by atoms with van der Waals surface area (Å²) in [4.78, 5) is 49.4. The lowest BCUT2D eigenvalue weighted by molar-refractivity contribution is -0.127. The number of thioether (sulfide) groups is 1. The smallest absolute Gasteiger partial charge is 0.335 e. The van der Waals surface area contributed by atoms with Gasteiger partial charge in [0.1, 0.15) is 19.0 Å². The van der Waals surface area contributed by atoms with Crippen LogP contribution in [0, 0.1) is 5.82 Å². The van der Waals surface area contributed by atoms with Crippen molar-refractivity contribution in [2.24, 2.45) is 0 Å². The Labute approximate surface area is 220 Å². The van der Waals surface area contributed by atoms with Crippen molar-refractivity contribution in [1.82, 2.24) is 4.90 Å². The number of halogens is 1. The molecule has 1 aliphatic rings. The van der Waals surface area contributed by atoms with Gasteiger partial charge in [-0.3, -0.25) is 19.3 Å². The van der Waals surface area contributed by atoms with Crippen LogP contribution in [0.1, 0.15) is 21.5 Å². The summed E-state index contributed by atoms with van der Waals surface area (Å²) in [7, 11) is 1.46. The van der Waals surface area contributed by atoms with Crippen LogP contribution >= 0.6 is 11.8 Å². The van der Waals surface area contributed by atoms with Crippen LogP contribution in [0.25, 0.3) is 6.08 Å². The molecule has 9 nitrogen and oxygen atoms in total. The first kappa shape index (κ1) is 26.4. The van der Waals surface area contributed by atoms with E-state index in [4.69, 9.17) is 14.6 Å². The second-order valence-corrected chi connectivity index (χ2v) is 9.02. The molecule has 0 saturated carbocycles. The van der Waals surface area contributed by atoms with Gasteiger partial charge in [0.25, 0.3) is 11.1 Å². The van der Waals surface area contributed by atoms with Crippen molar-refractivity contribution in [1.29, 1.82) is 0 Å². The van der Waals surface area contributed by atoms with Crippen molar-refractivity contribution in [3.05, 3.63) is 94.1 Å². The van der Waals surface area contributed by atoms with Gasteiger partial charge in [-0.05, 0) is 71.4 Å². The van der Waals surface area contributed by atoms with E-state index in [0.29, 0.717) is 28.8 Å². The Morgan fingerprint density at radius 3 is 2.50 bits per heavy atom. The van der Waals surface area contributed by atoms with E-state index in [1.165, 1.54) is 43.5 Å². The normalized spacial score (nSPS) is 14.1. The molecule has 38 heavy (non-hydrogen) atoms. The Hall–Kier alpha value is -4.64. The fourth-order valence-corrected chi connectivity index (χ4v) is 4.33. The number of anilines is 1. The summed E-state index contributed by atoms with van der Waals surface area (Å²) >= 11 is 0.700. The van der Waals surface area contributed by atoms with Crippen molar-refractivity contribution >= 4 is 46.5 Å². The van der Waals surface area contributed by atoms with Gasteiger partial charge in [0.2, 0.25) is 5.91 Å². The molecule has 0 bridgehead atoms. The lowest BCUT2D eigenvalue weighted by Gasteiger charge is -2.13. The van der Waals surface area contributed by atoms with Crippen molar-refractivity contribution < 1.29 is 38.1 Å². The van der Waals surface area contributed by atoms with E-state index in [-0.39, 0.29) is 22.8 Å². The Morgan fingerprint density at radius 2 is 1.82 bits per heavy atom. The maximum absolute atomic E-state index is 13.3. The Morgan fingerprint density at radius 1 is 1.05 bits per heavy atom. The van der Waals surface area contributed by atoms with Crippen LogP contribution in [-0.4, -0.2) is 46.7 Å². The number of nitrogens with zero attached hydrogens (tertiary/aromatic N) is 1. The largest absolute Gasteiger partial charge is 0.493 e. The summed E-state index contributed by atoms with van der Waals surface area (Å²) in [6, 6.07) is 16.5. The molecule has 0 radical (unpaired) electrons. The average molecular weight is 537 g/mol. The summed E-state index contributed by atoms with van der Waals surface area (Å²) in [5, 5.41) is 10.9. The first-order valence-electron chi connectivity index (χ1n) is 11.2. The van der Waals surface area contributed by atoms with Gasteiger partial charge in [-0.1, -0.05) is 24.3 Å². The first-order chi connectivity index (χ1) is 18.2. The monoisotopic (exact) mass is 536 g/mol. The first-order valence-corrected chi connectivity index (χ1v) is 12.0. The second-order valence-electron chi connectivity index (χ2n) is 8.03. The summed E-state index contributed by atoms with van der Waals surface area (Å²) in [6.45, 7) is -0.339. The minimum atomic E-state index is -1.01. The summed E-state index contributed by atoms with van der Waals surface area (Å²) in [5.74, 6) is -2.00. The van der Waals surface area contributed by atoms with Gasteiger partial charge in [-0.15, -0.1) is 0 Å². The number of benzene rings is 3. The molecule has 0 unspecified atom stereocenters. The minimum Gasteiger partial charge on any atom is -0.493 e. The number of nitrogens with one attached hydrogen (secondary N) is 1. The number of carbonyl (C=O) groups excluding carboxylic acids is 3.